The van der Waals surface area contributed by atoms with Gasteiger partial charge in [0.15, 0.2) is 0 Å². The van der Waals surface area contributed by atoms with Gasteiger partial charge in [0.25, 0.3) is 5.91 Å². The zero-order valence-corrected chi connectivity index (χ0v) is 21.1. The molecule has 0 bridgehead atoms. The van der Waals surface area contributed by atoms with Gasteiger partial charge in [0.05, 0.1) is 12.0 Å². The zero-order valence-electron chi connectivity index (χ0n) is 20.2. The highest BCUT2D eigenvalue weighted by molar-refractivity contribution is 7.10. The predicted molar refractivity (Wildman–Crippen MR) is 137 cm³/mol. The molecule has 0 spiro atoms. The highest BCUT2D eigenvalue weighted by atomic mass is 32.1. The van der Waals surface area contributed by atoms with E-state index in [1.165, 1.54) is 25.9 Å². The summed E-state index contributed by atoms with van der Waals surface area (Å²) in [5.74, 6) is 0.536. The fourth-order valence-corrected chi connectivity index (χ4v) is 7.15. The van der Waals surface area contributed by atoms with Gasteiger partial charge >= 0.3 is 0 Å². The number of nitrogens with one attached hydrogen (secondary N) is 1. The van der Waals surface area contributed by atoms with Gasteiger partial charge in [-0.05, 0) is 74.2 Å². The summed E-state index contributed by atoms with van der Waals surface area (Å²) >= 11 is 1.66. The van der Waals surface area contributed by atoms with E-state index in [9.17, 15) is 9.59 Å². The first-order chi connectivity index (χ1) is 16.6. The summed E-state index contributed by atoms with van der Waals surface area (Å²) in [4.78, 5) is 33.2. The van der Waals surface area contributed by atoms with Crippen molar-refractivity contribution in [3.63, 3.8) is 0 Å². The largest absolute Gasteiger partial charge is 0.355 e. The van der Waals surface area contributed by atoms with Crippen LogP contribution in [-0.4, -0.2) is 53.8 Å². The third-order valence-corrected chi connectivity index (χ3v) is 8.85. The number of nitrogens with zero attached hydrogens (tertiary/aromatic N) is 2. The van der Waals surface area contributed by atoms with Crippen LogP contribution in [0.15, 0.2) is 41.8 Å². The van der Waals surface area contributed by atoms with E-state index < -0.39 is 0 Å². The van der Waals surface area contributed by atoms with Crippen LogP contribution in [0.1, 0.15) is 84.6 Å². The predicted octanol–water partition coefficient (Wildman–Crippen LogP) is 5.21. The lowest BCUT2D eigenvalue weighted by Crippen LogP contribution is -2.50. The summed E-state index contributed by atoms with van der Waals surface area (Å²) in [6.45, 7) is 6.39. The van der Waals surface area contributed by atoms with Gasteiger partial charge in [0.2, 0.25) is 5.91 Å². The lowest BCUT2D eigenvalue weighted by molar-refractivity contribution is -0.124. The van der Waals surface area contributed by atoms with Gasteiger partial charge in [-0.3, -0.25) is 9.59 Å². The van der Waals surface area contributed by atoms with E-state index in [1.807, 2.05) is 30.3 Å². The van der Waals surface area contributed by atoms with E-state index in [-0.39, 0.29) is 29.8 Å². The van der Waals surface area contributed by atoms with Crippen molar-refractivity contribution in [3.05, 3.63) is 57.8 Å². The Kier molecular flexibility index (Phi) is 7.35. The van der Waals surface area contributed by atoms with Crippen molar-refractivity contribution in [2.24, 2.45) is 5.92 Å². The normalized spacial score (nSPS) is 26.0. The van der Waals surface area contributed by atoms with Crippen molar-refractivity contribution >= 4 is 23.2 Å². The lowest BCUT2D eigenvalue weighted by Gasteiger charge is -2.44. The van der Waals surface area contributed by atoms with Crippen molar-refractivity contribution in [2.75, 3.05) is 26.2 Å². The van der Waals surface area contributed by atoms with E-state index >= 15 is 0 Å². The monoisotopic (exact) mass is 479 g/mol. The summed E-state index contributed by atoms with van der Waals surface area (Å²) in [6, 6.07) is 11.9. The number of piperidine rings is 1. The minimum absolute atomic E-state index is 0.0494. The van der Waals surface area contributed by atoms with Gasteiger partial charge in [-0.15, -0.1) is 11.3 Å². The van der Waals surface area contributed by atoms with Crippen molar-refractivity contribution in [1.82, 2.24) is 15.1 Å². The second-order valence-corrected chi connectivity index (χ2v) is 11.3. The fourth-order valence-electron chi connectivity index (χ4n) is 6.29. The molecule has 182 valence electrons. The molecular weight excluding hydrogens is 442 g/mol. The topological polar surface area (TPSA) is 52.7 Å². The van der Waals surface area contributed by atoms with Gasteiger partial charge in [-0.1, -0.05) is 44.0 Å². The molecule has 34 heavy (non-hydrogen) atoms. The molecule has 2 aromatic rings. The molecule has 5 rings (SSSR count). The molecule has 0 unspecified atom stereocenters. The van der Waals surface area contributed by atoms with Gasteiger partial charge in [-0.2, -0.15) is 0 Å². The summed E-state index contributed by atoms with van der Waals surface area (Å²) in [5.41, 5.74) is 1.58. The average molecular weight is 480 g/mol. The number of carbonyl (C=O) groups excluding carboxylic acids is 2. The Morgan fingerprint density at radius 2 is 1.91 bits per heavy atom. The van der Waals surface area contributed by atoms with E-state index in [4.69, 9.17) is 0 Å². The van der Waals surface area contributed by atoms with E-state index in [1.54, 1.807) is 11.3 Å². The minimum Gasteiger partial charge on any atom is -0.355 e. The highest BCUT2D eigenvalue weighted by Crippen LogP contribution is 2.47. The first-order valence-corrected chi connectivity index (χ1v) is 14.0. The van der Waals surface area contributed by atoms with Crippen molar-refractivity contribution in [3.8, 4) is 0 Å². The van der Waals surface area contributed by atoms with Gasteiger partial charge in [-0.25, -0.2) is 0 Å². The molecule has 2 fully saturated rings. The summed E-state index contributed by atoms with van der Waals surface area (Å²) < 4.78 is 0. The molecule has 1 aliphatic carbocycles. The molecule has 0 radical (unpaired) electrons. The van der Waals surface area contributed by atoms with Crippen molar-refractivity contribution in [2.45, 2.75) is 69.9 Å². The Morgan fingerprint density at radius 1 is 1.09 bits per heavy atom. The van der Waals surface area contributed by atoms with E-state index in [2.05, 4.69) is 33.5 Å². The van der Waals surface area contributed by atoms with Gasteiger partial charge in [0, 0.05) is 29.6 Å². The van der Waals surface area contributed by atoms with Crippen molar-refractivity contribution in [1.29, 1.82) is 0 Å². The fraction of sp³-hybridized carbons (Fsp3) is 0.571. The molecule has 1 N–H and O–H groups in total. The average Bonchev–Trinajstić information content (AvgIpc) is 3.56. The molecule has 3 aliphatic rings. The van der Waals surface area contributed by atoms with Crippen LogP contribution in [0.2, 0.25) is 0 Å². The molecule has 2 amide bonds. The number of amides is 2. The Bertz CT molecular complexity index is 985. The van der Waals surface area contributed by atoms with Crippen LogP contribution in [-0.2, 0) is 4.79 Å². The molecule has 1 aromatic heterocycles. The maximum atomic E-state index is 13.8. The second-order valence-electron chi connectivity index (χ2n) is 10.4. The SMILES string of the molecule is C[C@@H]1CCCN(CCCNC(=O)[C@H]2c3ccccc3C(=O)N(C3CCCC3)[C@H]2c2cccs2)C1. The van der Waals surface area contributed by atoms with Crippen LogP contribution >= 0.6 is 11.3 Å². The number of likely N-dealkylation sites (tertiary alicyclic amines) is 1. The van der Waals surface area contributed by atoms with Crippen LogP contribution in [0.4, 0.5) is 0 Å². The molecule has 3 atom stereocenters. The molecule has 5 nitrogen and oxygen atoms in total. The van der Waals surface area contributed by atoms with Crippen molar-refractivity contribution < 1.29 is 9.59 Å². The molecule has 2 aliphatic heterocycles. The number of fused-ring (bicyclic) bond motifs is 1. The summed E-state index contributed by atoms with van der Waals surface area (Å²) in [6.07, 6.45) is 7.92. The maximum Gasteiger partial charge on any atom is 0.254 e. The maximum absolute atomic E-state index is 13.8. The molecule has 3 heterocycles. The molecule has 1 saturated heterocycles. The minimum atomic E-state index is -0.372. The number of benzene rings is 1. The first kappa shape index (κ1) is 23.6. The third-order valence-electron chi connectivity index (χ3n) is 7.90. The van der Waals surface area contributed by atoms with Crippen LogP contribution in [0, 0.1) is 5.92 Å². The Hall–Kier alpha value is -2.18. The Balaban J connectivity index is 1.37. The standard InChI is InChI=1S/C28H37N3O2S/c1-20-9-6-16-30(19-20)17-8-15-29-27(32)25-22-12-4-5-13-23(22)28(33)31(21-10-2-3-11-21)26(25)24-14-7-18-34-24/h4-5,7,12-14,18,20-21,25-26H,2-3,6,8-11,15-17,19H2,1H3,(H,29,32)/t20-,25+,26+/m1/s1. The smallest absolute Gasteiger partial charge is 0.254 e. The second kappa shape index (κ2) is 10.6. The Morgan fingerprint density at radius 3 is 2.68 bits per heavy atom. The van der Waals surface area contributed by atoms with Crippen LogP contribution < -0.4 is 5.32 Å². The summed E-state index contributed by atoms with van der Waals surface area (Å²) in [7, 11) is 0. The van der Waals surface area contributed by atoms with Crippen LogP contribution in [0.3, 0.4) is 0 Å². The number of hydrogen-bond donors (Lipinski definition) is 1. The Labute approximate surface area is 207 Å². The van der Waals surface area contributed by atoms with E-state index in [0.29, 0.717) is 12.1 Å². The number of rotatable bonds is 7. The number of hydrogen-bond acceptors (Lipinski definition) is 4. The van der Waals surface area contributed by atoms with Crippen LogP contribution in [0.25, 0.3) is 0 Å². The van der Waals surface area contributed by atoms with E-state index in [0.717, 1.165) is 55.0 Å². The number of thiophene rings is 1. The molecular formula is C28H37N3O2S. The molecule has 1 saturated carbocycles. The highest BCUT2D eigenvalue weighted by Gasteiger charge is 2.47. The van der Waals surface area contributed by atoms with Gasteiger partial charge < -0.3 is 15.1 Å². The zero-order chi connectivity index (χ0) is 23.5. The number of carbonyl (C=O) groups is 2. The van der Waals surface area contributed by atoms with Crippen LogP contribution in [0.5, 0.6) is 0 Å². The lowest BCUT2D eigenvalue weighted by atomic mass is 9.80. The van der Waals surface area contributed by atoms with Gasteiger partial charge in [0.1, 0.15) is 0 Å². The molecule has 1 aromatic carbocycles. The third kappa shape index (κ3) is 4.80. The first-order valence-electron chi connectivity index (χ1n) is 13.1. The summed E-state index contributed by atoms with van der Waals surface area (Å²) in [5, 5.41) is 5.32. The molecule has 6 heteroatoms. The quantitative estimate of drug-likeness (QED) is 0.555.